The maximum atomic E-state index is 14.9. The number of pyridine rings is 1. The van der Waals surface area contributed by atoms with Gasteiger partial charge in [-0.25, -0.2) is 4.39 Å². The molecule has 0 fully saturated rings. The first-order valence-electron chi connectivity index (χ1n) is 13.5. The third-order valence-corrected chi connectivity index (χ3v) is 7.62. The van der Waals surface area contributed by atoms with Crippen LogP contribution in [0.1, 0.15) is 52.8 Å². The number of aryl methyl sites for hydroxylation is 1. The van der Waals surface area contributed by atoms with Crippen LogP contribution < -0.4 is 14.8 Å². The molecule has 0 amide bonds. The summed E-state index contributed by atoms with van der Waals surface area (Å²) in [7, 11) is 0. The van der Waals surface area contributed by atoms with Crippen LogP contribution >= 0.6 is 11.6 Å². The molecule has 6 nitrogen and oxygen atoms in total. The molecule has 5 rings (SSSR count). The van der Waals surface area contributed by atoms with E-state index in [1.165, 1.54) is 12.3 Å². The van der Waals surface area contributed by atoms with Gasteiger partial charge in [-0.1, -0.05) is 41.9 Å². The van der Waals surface area contributed by atoms with E-state index in [2.05, 4.69) is 16.4 Å². The van der Waals surface area contributed by atoms with Gasteiger partial charge in [-0.15, -0.1) is 0 Å². The van der Waals surface area contributed by atoms with Crippen LogP contribution in [0.15, 0.2) is 67.0 Å². The van der Waals surface area contributed by atoms with E-state index >= 15 is 0 Å². The highest BCUT2D eigenvalue weighted by molar-refractivity contribution is 6.32. The van der Waals surface area contributed by atoms with Crippen molar-refractivity contribution >= 4 is 11.6 Å². The number of aliphatic hydroxyl groups is 1. The molecular weight excluding hydrogens is 541 g/mol. The lowest BCUT2D eigenvalue weighted by Crippen LogP contribution is -2.28. The molecule has 0 radical (unpaired) electrons. The Hall–Kier alpha value is -3.96. The number of nitrogens with zero attached hydrogens (tertiary/aromatic N) is 2. The zero-order valence-electron chi connectivity index (χ0n) is 23.0. The highest BCUT2D eigenvalue weighted by Gasteiger charge is 2.28. The molecule has 41 heavy (non-hydrogen) atoms. The second-order valence-corrected chi connectivity index (χ2v) is 10.7. The van der Waals surface area contributed by atoms with Crippen LogP contribution in [-0.4, -0.2) is 22.7 Å². The molecule has 1 aromatic heterocycles. The highest BCUT2D eigenvalue weighted by Crippen LogP contribution is 2.43. The standard InChI is InChI=1S/C33H31ClFN3O3/c1-20-5-3-8-29(35)33(20)27-7-4-6-26-25(27)9-10-30(26)41-32-13-31(24(12-28(32)34)17-38-21(2)18-39)40-19-23-11-22(14-36)15-37-16-23/h3-8,11-13,15-16,21,30,38-39H,9-10,17-19H2,1-2H3/t21-,30+/m1/s1. The SMILES string of the molecule is Cc1cccc(F)c1-c1cccc2c1CC[C@@H]2Oc1cc(OCc2cncc(C#N)c2)c(CN[C@H](C)CO)cc1Cl. The Morgan fingerprint density at radius 3 is 2.78 bits per heavy atom. The molecule has 0 aliphatic heterocycles. The largest absolute Gasteiger partial charge is 0.488 e. The van der Waals surface area contributed by atoms with E-state index in [4.69, 9.17) is 21.1 Å². The number of fused-ring (bicyclic) bond motifs is 1. The average molecular weight is 572 g/mol. The van der Waals surface area contributed by atoms with Gasteiger partial charge in [0, 0.05) is 47.7 Å². The number of aliphatic hydroxyl groups excluding tert-OH is 1. The summed E-state index contributed by atoms with van der Waals surface area (Å²) in [6.07, 6.45) is 4.40. The van der Waals surface area contributed by atoms with Gasteiger partial charge >= 0.3 is 0 Å². The molecule has 2 atom stereocenters. The van der Waals surface area contributed by atoms with Gasteiger partial charge in [0.2, 0.25) is 0 Å². The van der Waals surface area contributed by atoms with Crippen molar-refractivity contribution in [3.63, 3.8) is 0 Å². The Balaban J connectivity index is 1.43. The molecular formula is C33H31ClFN3O3. The van der Waals surface area contributed by atoms with Gasteiger partial charge in [0.05, 0.1) is 17.2 Å². The van der Waals surface area contributed by atoms with E-state index in [9.17, 15) is 14.8 Å². The lowest BCUT2D eigenvalue weighted by atomic mass is 9.93. The Kier molecular flexibility index (Phi) is 8.84. The quantitative estimate of drug-likeness (QED) is 0.217. The summed E-state index contributed by atoms with van der Waals surface area (Å²) in [6, 6.07) is 18.4. The van der Waals surface area contributed by atoms with Gasteiger partial charge in [-0.3, -0.25) is 4.98 Å². The number of nitrogens with one attached hydrogen (secondary N) is 1. The topological polar surface area (TPSA) is 87.4 Å². The summed E-state index contributed by atoms with van der Waals surface area (Å²) in [6.45, 7) is 4.42. The van der Waals surface area contributed by atoms with E-state index in [0.29, 0.717) is 34.2 Å². The predicted molar refractivity (Wildman–Crippen MR) is 156 cm³/mol. The highest BCUT2D eigenvalue weighted by atomic mass is 35.5. The fourth-order valence-electron chi connectivity index (χ4n) is 5.18. The molecule has 210 valence electrons. The van der Waals surface area contributed by atoms with Crippen LogP contribution in [0.5, 0.6) is 11.5 Å². The third kappa shape index (κ3) is 6.36. The molecule has 1 heterocycles. The number of aromatic nitrogens is 1. The van der Waals surface area contributed by atoms with Crippen molar-refractivity contribution in [2.24, 2.45) is 0 Å². The van der Waals surface area contributed by atoms with Crippen molar-refractivity contribution in [3.05, 3.63) is 111 Å². The van der Waals surface area contributed by atoms with E-state index < -0.39 is 0 Å². The van der Waals surface area contributed by atoms with Crippen LogP contribution in [0.4, 0.5) is 4.39 Å². The zero-order chi connectivity index (χ0) is 28.9. The fourth-order valence-corrected chi connectivity index (χ4v) is 5.41. The number of nitriles is 1. The fraction of sp³-hybridized carbons (Fsp3) is 0.273. The summed E-state index contributed by atoms with van der Waals surface area (Å²) in [5, 5.41) is 22.4. The molecule has 1 aliphatic carbocycles. The molecule has 0 spiro atoms. The number of hydrogen-bond donors (Lipinski definition) is 2. The molecule has 1 aliphatic rings. The average Bonchev–Trinajstić information content (AvgIpc) is 3.39. The van der Waals surface area contributed by atoms with Crippen molar-refractivity contribution in [2.75, 3.05) is 6.61 Å². The summed E-state index contributed by atoms with van der Waals surface area (Å²) < 4.78 is 27.5. The minimum atomic E-state index is -0.253. The predicted octanol–water partition coefficient (Wildman–Crippen LogP) is 6.84. The van der Waals surface area contributed by atoms with Crippen LogP contribution in [0.3, 0.4) is 0 Å². The first-order valence-corrected chi connectivity index (χ1v) is 13.9. The lowest BCUT2D eigenvalue weighted by Gasteiger charge is -2.20. The smallest absolute Gasteiger partial charge is 0.142 e. The first kappa shape index (κ1) is 28.6. The van der Waals surface area contributed by atoms with Crippen molar-refractivity contribution < 1.29 is 19.0 Å². The van der Waals surface area contributed by atoms with Crippen molar-refractivity contribution in [2.45, 2.75) is 52.0 Å². The molecule has 8 heteroatoms. The number of halogens is 2. The van der Waals surface area contributed by atoms with Gasteiger partial charge in [0.25, 0.3) is 0 Å². The van der Waals surface area contributed by atoms with Gasteiger partial charge in [0.15, 0.2) is 0 Å². The monoisotopic (exact) mass is 571 g/mol. The molecule has 0 unspecified atom stereocenters. The normalized spacial score (nSPS) is 14.8. The Bertz CT molecular complexity index is 1580. The Labute approximate surface area is 244 Å². The van der Waals surface area contributed by atoms with Gasteiger partial charge in [0.1, 0.15) is 36.1 Å². The summed E-state index contributed by atoms with van der Waals surface area (Å²) in [4.78, 5) is 4.11. The summed E-state index contributed by atoms with van der Waals surface area (Å²) in [5.41, 5.74) is 6.53. The maximum Gasteiger partial charge on any atom is 0.142 e. The van der Waals surface area contributed by atoms with Gasteiger partial charge in [-0.2, -0.15) is 5.26 Å². The van der Waals surface area contributed by atoms with Gasteiger partial charge in [-0.05, 0) is 67.1 Å². The second-order valence-electron chi connectivity index (χ2n) is 10.3. The molecule has 0 bridgehead atoms. The molecule has 4 aromatic rings. The number of ether oxygens (including phenoxy) is 2. The number of hydrogen-bond acceptors (Lipinski definition) is 6. The number of rotatable bonds is 10. The maximum absolute atomic E-state index is 14.9. The lowest BCUT2D eigenvalue weighted by molar-refractivity contribution is 0.205. The zero-order valence-corrected chi connectivity index (χ0v) is 23.7. The van der Waals surface area contributed by atoms with E-state index in [1.807, 2.05) is 44.2 Å². The Morgan fingerprint density at radius 1 is 1.17 bits per heavy atom. The van der Waals surface area contributed by atoms with Crippen LogP contribution in [0.25, 0.3) is 11.1 Å². The van der Waals surface area contributed by atoms with Gasteiger partial charge < -0.3 is 19.9 Å². The van der Waals surface area contributed by atoms with Crippen molar-refractivity contribution in [1.82, 2.24) is 10.3 Å². The van der Waals surface area contributed by atoms with E-state index in [0.717, 1.165) is 46.2 Å². The van der Waals surface area contributed by atoms with Crippen LogP contribution in [0.2, 0.25) is 5.02 Å². The molecule has 0 saturated heterocycles. The Morgan fingerprint density at radius 2 is 2.00 bits per heavy atom. The first-order chi connectivity index (χ1) is 19.9. The van der Waals surface area contributed by atoms with Crippen molar-refractivity contribution in [3.8, 4) is 28.7 Å². The minimum Gasteiger partial charge on any atom is -0.488 e. The van der Waals surface area contributed by atoms with Crippen LogP contribution in [0, 0.1) is 24.1 Å². The van der Waals surface area contributed by atoms with Crippen molar-refractivity contribution in [1.29, 1.82) is 5.26 Å². The third-order valence-electron chi connectivity index (χ3n) is 7.32. The molecule has 3 aromatic carbocycles. The van der Waals surface area contributed by atoms with E-state index in [-0.39, 0.29) is 31.2 Å². The van der Waals surface area contributed by atoms with Crippen LogP contribution in [-0.2, 0) is 19.6 Å². The second kappa shape index (κ2) is 12.7. The number of benzene rings is 3. The molecule has 2 N–H and O–H groups in total. The van der Waals surface area contributed by atoms with E-state index in [1.54, 1.807) is 24.4 Å². The molecule has 0 saturated carbocycles. The minimum absolute atomic E-state index is 0.00672. The summed E-state index contributed by atoms with van der Waals surface area (Å²) >= 11 is 6.73. The summed E-state index contributed by atoms with van der Waals surface area (Å²) in [5.74, 6) is 0.816.